The lowest BCUT2D eigenvalue weighted by atomic mass is 10.3. The highest BCUT2D eigenvalue weighted by Crippen LogP contribution is 2.32. The zero-order valence-corrected chi connectivity index (χ0v) is 9.27. The second-order valence-electron chi connectivity index (χ2n) is 3.65. The summed E-state index contributed by atoms with van der Waals surface area (Å²) in [6.07, 6.45) is 2.40. The number of nitrogens with two attached hydrogens (primary N) is 1. The van der Waals surface area contributed by atoms with E-state index in [9.17, 15) is 4.21 Å². The molecule has 0 saturated heterocycles. The van der Waals surface area contributed by atoms with Gasteiger partial charge in [-0.3, -0.25) is 4.21 Å². The van der Waals surface area contributed by atoms with Gasteiger partial charge in [0.1, 0.15) is 0 Å². The molecule has 1 saturated carbocycles. The van der Waals surface area contributed by atoms with Crippen molar-refractivity contribution in [3.8, 4) is 0 Å². The molecular weight excluding hydrogens is 218 g/mol. The maximum Gasteiger partial charge on any atom is 0.0594 e. The molecule has 1 unspecified atom stereocenters. The molecule has 0 aliphatic heterocycles. The van der Waals surface area contributed by atoms with Crippen molar-refractivity contribution in [1.29, 1.82) is 0 Å². The van der Waals surface area contributed by atoms with Gasteiger partial charge >= 0.3 is 0 Å². The Morgan fingerprint density at radius 3 is 2.86 bits per heavy atom. The lowest BCUT2D eigenvalue weighted by Crippen LogP contribution is -2.01. The maximum absolute atomic E-state index is 11.8. The van der Waals surface area contributed by atoms with E-state index in [1.54, 1.807) is 18.2 Å². The molecule has 4 heteroatoms. The van der Waals surface area contributed by atoms with Gasteiger partial charge in [-0.2, -0.15) is 0 Å². The first-order chi connectivity index (χ1) is 6.66. The highest BCUT2D eigenvalue weighted by Gasteiger charge is 2.25. The SMILES string of the molecule is Nc1ccc(Cl)c(S(=O)CC2CC2)c1. The Balaban J connectivity index is 2.20. The first-order valence-electron chi connectivity index (χ1n) is 4.60. The van der Waals surface area contributed by atoms with Crippen LogP contribution in [-0.4, -0.2) is 9.96 Å². The second kappa shape index (κ2) is 3.91. The van der Waals surface area contributed by atoms with E-state index in [-0.39, 0.29) is 0 Å². The monoisotopic (exact) mass is 229 g/mol. The summed E-state index contributed by atoms with van der Waals surface area (Å²) in [5.74, 6) is 1.36. The minimum Gasteiger partial charge on any atom is -0.399 e. The normalized spacial score (nSPS) is 18.1. The Labute approximate surface area is 90.9 Å². The van der Waals surface area contributed by atoms with Crippen molar-refractivity contribution in [3.05, 3.63) is 23.2 Å². The van der Waals surface area contributed by atoms with Gasteiger partial charge in [0.2, 0.25) is 0 Å². The van der Waals surface area contributed by atoms with Crippen molar-refractivity contribution in [2.45, 2.75) is 17.7 Å². The van der Waals surface area contributed by atoms with Gasteiger partial charge in [0.25, 0.3) is 0 Å². The Morgan fingerprint density at radius 1 is 1.50 bits per heavy atom. The molecule has 0 aromatic heterocycles. The molecule has 0 heterocycles. The third kappa shape index (κ3) is 2.28. The van der Waals surface area contributed by atoms with Crippen LogP contribution in [0.1, 0.15) is 12.8 Å². The summed E-state index contributed by atoms with van der Waals surface area (Å²) >= 11 is 5.95. The molecule has 2 N–H and O–H groups in total. The van der Waals surface area contributed by atoms with E-state index in [2.05, 4.69) is 0 Å². The van der Waals surface area contributed by atoms with Crippen molar-refractivity contribution in [2.75, 3.05) is 11.5 Å². The van der Waals surface area contributed by atoms with Crippen molar-refractivity contribution in [3.63, 3.8) is 0 Å². The van der Waals surface area contributed by atoms with Crippen LogP contribution in [0.25, 0.3) is 0 Å². The third-order valence-electron chi connectivity index (χ3n) is 2.28. The van der Waals surface area contributed by atoms with Crippen molar-refractivity contribution < 1.29 is 4.21 Å². The number of halogens is 1. The first-order valence-corrected chi connectivity index (χ1v) is 6.30. The Bertz CT molecular complexity index is 376. The standard InChI is InChI=1S/C10H12ClNOS/c11-9-4-3-8(12)5-10(9)14(13)6-7-1-2-7/h3-5,7H,1-2,6,12H2. The van der Waals surface area contributed by atoms with Gasteiger partial charge in [-0.1, -0.05) is 11.6 Å². The van der Waals surface area contributed by atoms with Gasteiger partial charge in [-0.05, 0) is 37.0 Å². The summed E-state index contributed by atoms with van der Waals surface area (Å²) in [6, 6.07) is 5.14. The molecule has 0 radical (unpaired) electrons. The summed E-state index contributed by atoms with van der Waals surface area (Å²) < 4.78 is 11.8. The molecule has 2 rings (SSSR count). The summed E-state index contributed by atoms with van der Waals surface area (Å²) in [5, 5.41) is 0.554. The van der Waals surface area contributed by atoms with Crippen LogP contribution < -0.4 is 5.73 Å². The van der Waals surface area contributed by atoms with Crippen LogP contribution in [0.4, 0.5) is 5.69 Å². The largest absolute Gasteiger partial charge is 0.399 e. The Morgan fingerprint density at radius 2 is 2.21 bits per heavy atom. The predicted molar refractivity (Wildman–Crippen MR) is 59.9 cm³/mol. The quantitative estimate of drug-likeness (QED) is 0.810. The molecule has 0 bridgehead atoms. The highest BCUT2D eigenvalue weighted by atomic mass is 35.5. The van der Waals surface area contributed by atoms with Gasteiger partial charge in [-0.15, -0.1) is 0 Å². The van der Waals surface area contributed by atoms with E-state index >= 15 is 0 Å². The molecule has 1 fully saturated rings. The lowest BCUT2D eigenvalue weighted by molar-refractivity contribution is 0.680. The molecule has 1 aromatic carbocycles. The second-order valence-corrected chi connectivity index (χ2v) is 5.52. The Hall–Kier alpha value is -0.540. The average Bonchev–Trinajstić information content (AvgIpc) is 2.93. The van der Waals surface area contributed by atoms with Crippen LogP contribution >= 0.6 is 11.6 Å². The molecule has 14 heavy (non-hydrogen) atoms. The fourth-order valence-electron chi connectivity index (χ4n) is 1.28. The average molecular weight is 230 g/mol. The number of hydrogen-bond donors (Lipinski definition) is 1. The number of nitrogen functional groups attached to an aromatic ring is 1. The molecule has 1 aliphatic carbocycles. The number of rotatable bonds is 3. The van der Waals surface area contributed by atoms with Crippen molar-refractivity contribution >= 4 is 28.1 Å². The van der Waals surface area contributed by atoms with E-state index in [1.807, 2.05) is 0 Å². The Kier molecular flexibility index (Phi) is 2.79. The topological polar surface area (TPSA) is 43.1 Å². The third-order valence-corrected chi connectivity index (χ3v) is 4.33. The molecule has 76 valence electrons. The number of benzene rings is 1. The summed E-state index contributed by atoms with van der Waals surface area (Å²) in [4.78, 5) is 0.679. The highest BCUT2D eigenvalue weighted by molar-refractivity contribution is 7.85. The molecule has 1 aliphatic rings. The van der Waals surface area contributed by atoms with Crippen LogP contribution in [0.5, 0.6) is 0 Å². The zero-order valence-electron chi connectivity index (χ0n) is 7.70. The molecular formula is C10H12ClNOS. The van der Waals surface area contributed by atoms with Crippen LogP contribution in [-0.2, 0) is 10.8 Å². The van der Waals surface area contributed by atoms with E-state index in [4.69, 9.17) is 17.3 Å². The van der Waals surface area contributed by atoms with Gasteiger partial charge in [-0.25, -0.2) is 0 Å². The van der Waals surface area contributed by atoms with Crippen LogP contribution in [0.2, 0.25) is 5.02 Å². The summed E-state index contributed by atoms with van der Waals surface area (Å²) in [6.45, 7) is 0. The van der Waals surface area contributed by atoms with Crippen molar-refractivity contribution in [2.24, 2.45) is 5.92 Å². The van der Waals surface area contributed by atoms with Gasteiger partial charge < -0.3 is 5.73 Å². The molecule has 2 nitrogen and oxygen atoms in total. The maximum atomic E-state index is 11.8. The number of anilines is 1. The van der Waals surface area contributed by atoms with Gasteiger partial charge in [0.05, 0.1) is 20.7 Å². The van der Waals surface area contributed by atoms with E-state index < -0.39 is 10.8 Å². The first kappa shape index (κ1) is 9.99. The smallest absolute Gasteiger partial charge is 0.0594 e. The molecule has 1 atom stereocenters. The summed E-state index contributed by atoms with van der Waals surface area (Å²) in [5.41, 5.74) is 6.24. The minimum absolute atomic E-state index is 0.554. The van der Waals surface area contributed by atoms with Crippen LogP contribution in [0.15, 0.2) is 23.1 Å². The van der Waals surface area contributed by atoms with Crippen LogP contribution in [0.3, 0.4) is 0 Å². The van der Waals surface area contributed by atoms with Crippen molar-refractivity contribution in [1.82, 2.24) is 0 Å². The summed E-state index contributed by atoms with van der Waals surface area (Å²) in [7, 11) is -0.985. The van der Waals surface area contributed by atoms with Gasteiger partial charge in [0.15, 0.2) is 0 Å². The fraction of sp³-hybridized carbons (Fsp3) is 0.400. The van der Waals surface area contributed by atoms with Gasteiger partial charge in [0, 0.05) is 11.4 Å². The lowest BCUT2D eigenvalue weighted by Gasteiger charge is -2.04. The minimum atomic E-state index is -0.985. The molecule has 0 spiro atoms. The van der Waals surface area contributed by atoms with E-state index in [0.29, 0.717) is 21.5 Å². The number of hydrogen-bond acceptors (Lipinski definition) is 2. The molecule has 1 aromatic rings. The van der Waals surface area contributed by atoms with E-state index in [0.717, 1.165) is 5.75 Å². The molecule has 0 amide bonds. The zero-order chi connectivity index (χ0) is 10.1. The fourth-order valence-corrected chi connectivity index (χ4v) is 3.15. The van der Waals surface area contributed by atoms with Crippen LogP contribution in [0, 0.1) is 5.92 Å². The predicted octanol–water partition coefficient (Wildman–Crippen LogP) is 2.44. The van der Waals surface area contributed by atoms with E-state index in [1.165, 1.54) is 12.8 Å².